The van der Waals surface area contributed by atoms with Crippen LogP contribution in [0.25, 0.3) is 11.4 Å². The Kier molecular flexibility index (Phi) is 5.95. The van der Waals surface area contributed by atoms with Crippen LogP contribution in [0, 0.1) is 0 Å². The van der Waals surface area contributed by atoms with Crippen molar-refractivity contribution in [1.29, 1.82) is 0 Å². The second kappa shape index (κ2) is 8.57. The quantitative estimate of drug-likeness (QED) is 0.827. The summed E-state index contributed by atoms with van der Waals surface area (Å²) in [5, 5.41) is 6.68. The Hall–Kier alpha value is -2.48. The molecule has 0 aliphatic carbocycles. The molecular weight excluding hydrogens is 322 g/mol. The van der Waals surface area contributed by atoms with Crippen LogP contribution in [0.1, 0.15) is 31.6 Å². The van der Waals surface area contributed by atoms with Crippen molar-refractivity contribution in [3.05, 3.63) is 30.4 Å². The number of rotatable bonds is 7. The van der Waals surface area contributed by atoms with Crippen molar-refractivity contribution in [2.75, 3.05) is 20.2 Å². The van der Waals surface area contributed by atoms with E-state index in [0.717, 1.165) is 37.9 Å². The van der Waals surface area contributed by atoms with Crippen LogP contribution in [0.4, 0.5) is 4.79 Å². The Balaban J connectivity index is 1.40. The Morgan fingerprint density at radius 2 is 2.40 bits per heavy atom. The highest BCUT2D eigenvalue weighted by Gasteiger charge is 2.16. The van der Waals surface area contributed by atoms with Crippen LogP contribution in [0.5, 0.6) is 0 Å². The molecule has 1 atom stereocenters. The molecule has 3 heterocycles. The third kappa shape index (κ3) is 4.99. The molecule has 8 nitrogen and oxygen atoms in total. The Bertz CT molecular complexity index is 670. The number of amides is 2. The first-order chi connectivity index (χ1) is 12.2. The molecule has 0 bridgehead atoms. The summed E-state index contributed by atoms with van der Waals surface area (Å²) in [7, 11) is 1.78. The topological polar surface area (TPSA) is 93.4 Å². The SMILES string of the molecule is CN(CCC[C@H]1CCCO1)C(=O)NCc1nc(-c2cccnc2)no1. The van der Waals surface area contributed by atoms with Crippen LogP contribution in [0.2, 0.25) is 0 Å². The molecule has 1 aliphatic heterocycles. The van der Waals surface area contributed by atoms with Gasteiger partial charge in [-0.3, -0.25) is 4.98 Å². The van der Waals surface area contributed by atoms with Gasteiger partial charge in [-0.25, -0.2) is 4.79 Å². The van der Waals surface area contributed by atoms with Gasteiger partial charge in [0, 0.05) is 38.2 Å². The molecule has 2 aromatic heterocycles. The maximum Gasteiger partial charge on any atom is 0.317 e. The molecule has 2 aromatic rings. The maximum atomic E-state index is 12.1. The van der Waals surface area contributed by atoms with E-state index in [2.05, 4.69) is 20.4 Å². The number of carbonyl (C=O) groups excluding carboxylic acids is 1. The summed E-state index contributed by atoms with van der Waals surface area (Å²) in [6.07, 6.45) is 7.91. The highest BCUT2D eigenvalue weighted by molar-refractivity contribution is 5.73. The van der Waals surface area contributed by atoms with Crippen LogP contribution in [0.3, 0.4) is 0 Å². The van der Waals surface area contributed by atoms with E-state index in [1.54, 1.807) is 30.4 Å². The summed E-state index contributed by atoms with van der Waals surface area (Å²) in [5.74, 6) is 0.822. The van der Waals surface area contributed by atoms with Gasteiger partial charge in [-0.2, -0.15) is 4.98 Å². The van der Waals surface area contributed by atoms with Gasteiger partial charge >= 0.3 is 6.03 Å². The minimum Gasteiger partial charge on any atom is -0.378 e. The van der Waals surface area contributed by atoms with Crippen molar-refractivity contribution in [3.63, 3.8) is 0 Å². The number of carbonyl (C=O) groups is 1. The molecule has 1 aliphatic rings. The van der Waals surface area contributed by atoms with E-state index >= 15 is 0 Å². The van der Waals surface area contributed by atoms with Crippen LogP contribution in [-0.4, -0.2) is 52.4 Å². The first-order valence-electron chi connectivity index (χ1n) is 8.56. The molecule has 1 fully saturated rings. The van der Waals surface area contributed by atoms with Gasteiger partial charge in [0.1, 0.15) is 0 Å². The van der Waals surface area contributed by atoms with E-state index in [0.29, 0.717) is 24.4 Å². The molecule has 0 spiro atoms. The molecule has 0 unspecified atom stereocenters. The Morgan fingerprint density at radius 3 is 3.16 bits per heavy atom. The molecule has 1 N–H and O–H groups in total. The third-order valence-electron chi connectivity index (χ3n) is 4.17. The Labute approximate surface area is 146 Å². The summed E-state index contributed by atoms with van der Waals surface area (Å²) in [6, 6.07) is 3.49. The minimum absolute atomic E-state index is 0.159. The Morgan fingerprint density at radius 1 is 1.48 bits per heavy atom. The first kappa shape index (κ1) is 17.3. The fourth-order valence-corrected chi connectivity index (χ4v) is 2.75. The van der Waals surface area contributed by atoms with Gasteiger partial charge in [0.25, 0.3) is 0 Å². The lowest BCUT2D eigenvalue weighted by atomic mass is 10.1. The van der Waals surface area contributed by atoms with Crippen LogP contribution >= 0.6 is 0 Å². The lowest BCUT2D eigenvalue weighted by Crippen LogP contribution is -2.37. The van der Waals surface area contributed by atoms with Crippen LogP contribution in [0.15, 0.2) is 29.0 Å². The number of hydrogen-bond donors (Lipinski definition) is 1. The van der Waals surface area contributed by atoms with Gasteiger partial charge in [0.05, 0.1) is 12.6 Å². The molecule has 0 radical (unpaired) electrons. The number of aromatic nitrogens is 3. The van der Waals surface area contributed by atoms with Crippen molar-refractivity contribution in [2.45, 2.75) is 38.3 Å². The summed E-state index contributed by atoms with van der Waals surface area (Å²) >= 11 is 0. The van der Waals surface area contributed by atoms with Gasteiger partial charge in [-0.1, -0.05) is 5.16 Å². The van der Waals surface area contributed by atoms with Gasteiger partial charge in [0.2, 0.25) is 11.7 Å². The van der Waals surface area contributed by atoms with E-state index in [9.17, 15) is 4.79 Å². The average molecular weight is 345 g/mol. The second-order valence-electron chi connectivity index (χ2n) is 6.11. The standard InChI is InChI=1S/C17H23N5O3/c1-22(9-3-6-14-7-4-10-24-14)17(23)19-12-15-20-16(21-25-15)13-5-2-8-18-11-13/h2,5,8,11,14H,3-4,6-7,9-10,12H2,1H3,(H,19,23)/t14-/m0/s1. The molecular formula is C17H23N5O3. The van der Waals surface area contributed by atoms with E-state index in [-0.39, 0.29) is 12.6 Å². The molecule has 2 amide bonds. The van der Waals surface area contributed by atoms with Crippen molar-refractivity contribution in [1.82, 2.24) is 25.3 Å². The largest absolute Gasteiger partial charge is 0.378 e. The zero-order valence-corrected chi connectivity index (χ0v) is 14.4. The van der Waals surface area contributed by atoms with Crippen LogP contribution < -0.4 is 5.32 Å². The molecule has 0 saturated carbocycles. The normalized spacial score (nSPS) is 16.8. The molecule has 1 saturated heterocycles. The fraction of sp³-hybridized carbons (Fsp3) is 0.529. The summed E-state index contributed by atoms with van der Waals surface area (Å²) < 4.78 is 10.7. The number of nitrogens with one attached hydrogen (secondary N) is 1. The van der Waals surface area contributed by atoms with Gasteiger partial charge < -0.3 is 19.5 Å². The molecule has 25 heavy (non-hydrogen) atoms. The van der Waals surface area contributed by atoms with Crippen LogP contribution in [-0.2, 0) is 11.3 Å². The van der Waals surface area contributed by atoms with E-state index in [1.165, 1.54) is 0 Å². The number of hydrogen-bond acceptors (Lipinski definition) is 6. The summed E-state index contributed by atoms with van der Waals surface area (Å²) in [5.41, 5.74) is 0.773. The van der Waals surface area contributed by atoms with Crippen molar-refractivity contribution in [3.8, 4) is 11.4 Å². The van der Waals surface area contributed by atoms with E-state index < -0.39 is 0 Å². The highest BCUT2D eigenvalue weighted by Crippen LogP contribution is 2.17. The summed E-state index contributed by atoms with van der Waals surface area (Å²) in [6.45, 7) is 1.75. The molecule has 0 aromatic carbocycles. The smallest absolute Gasteiger partial charge is 0.317 e. The second-order valence-corrected chi connectivity index (χ2v) is 6.11. The monoisotopic (exact) mass is 345 g/mol. The maximum absolute atomic E-state index is 12.1. The molecule has 134 valence electrons. The zero-order valence-electron chi connectivity index (χ0n) is 14.4. The van der Waals surface area contributed by atoms with E-state index in [4.69, 9.17) is 9.26 Å². The summed E-state index contributed by atoms with van der Waals surface area (Å²) in [4.78, 5) is 22.0. The number of pyridine rings is 1. The van der Waals surface area contributed by atoms with Gasteiger partial charge in [0.15, 0.2) is 0 Å². The van der Waals surface area contributed by atoms with Gasteiger partial charge in [-0.15, -0.1) is 0 Å². The third-order valence-corrected chi connectivity index (χ3v) is 4.17. The molecule has 3 rings (SSSR count). The fourth-order valence-electron chi connectivity index (χ4n) is 2.75. The number of ether oxygens (including phenoxy) is 1. The van der Waals surface area contributed by atoms with Crippen molar-refractivity contribution >= 4 is 6.03 Å². The van der Waals surface area contributed by atoms with Crippen molar-refractivity contribution in [2.24, 2.45) is 0 Å². The first-order valence-corrected chi connectivity index (χ1v) is 8.56. The predicted molar refractivity (Wildman–Crippen MR) is 90.6 cm³/mol. The predicted octanol–water partition coefficient (Wildman–Crippen LogP) is 2.23. The lowest BCUT2D eigenvalue weighted by molar-refractivity contribution is 0.100. The number of urea groups is 1. The zero-order chi connectivity index (χ0) is 17.5. The highest BCUT2D eigenvalue weighted by atomic mass is 16.5. The van der Waals surface area contributed by atoms with E-state index in [1.807, 2.05) is 6.07 Å². The van der Waals surface area contributed by atoms with Crippen molar-refractivity contribution < 1.29 is 14.1 Å². The minimum atomic E-state index is -0.159. The van der Waals surface area contributed by atoms with Gasteiger partial charge in [-0.05, 0) is 37.8 Å². The number of nitrogens with zero attached hydrogens (tertiary/aromatic N) is 4. The molecule has 8 heteroatoms. The lowest BCUT2D eigenvalue weighted by Gasteiger charge is -2.18. The average Bonchev–Trinajstić information content (AvgIpc) is 3.32.